The highest BCUT2D eigenvalue weighted by Gasteiger charge is 2.60. The van der Waals surface area contributed by atoms with E-state index >= 15 is 0 Å². The van der Waals surface area contributed by atoms with Crippen LogP contribution in [-0.2, 0) is 13.6 Å². The Morgan fingerprint density at radius 1 is 0.971 bits per heavy atom. The Hall–Kier alpha value is 0.0700. The molecule has 35 heavy (non-hydrogen) atoms. The zero-order valence-corrected chi connectivity index (χ0v) is 24.3. The molecule has 0 aromatic carbocycles. The second kappa shape index (κ2) is 11.4. The SMILES string of the molecule is CCOP(=O)(CC[C@H](C)[C@H]1CCC2C3CC[C@H]4C[C@@H](NCCN)CC[C@]4(C)C3CC[C@@]21C)OCC. The Bertz CT molecular complexity index is 739. The van der Waals surface area contributed by atoms with E-state index in [4.69, 9.17) is 14.8 Å². The van der Waals surface area contributed by atoms with E-state index < -0.39 is 7.60 Å². The Morgan fingerprint density at radius 2 is 1.66 bits per heavy atom. The fourth-order valence-corrected chi connectivity index (χ4v) is 11.7. The third kappa shape index (κ3) is 5.47. The van der Waals surface area contributed by atoms with Crippen molar-refractivity contribution < 1.29 is 13.6 Å². The van der Waals surface area contributed by atoms with E-state index in [0.29, 0.717) is 42.2 Å². The van der Waals surface area contributed by atoms with Gasteiger partial charge in [0.15, 0.2) is 0 Å². The Morgan fingerprint density at radius 3 is 2.34 bits per heavy atom. The van der Waals surface area contributed by atoms with Crippen LogP contribution in [0.4, 0.5) is 0 Å². The minimum Gasteiger partial charge on any atom is -0.329 e. The van der Waals surface area contributed by atoms with Gasteiger partial charge in [0, 0.05) is 19.1 Å². The lowest BCUT2D eigenvalue weighted by molar-refractivity contribution is -0.117. The smallest absolute Gasteiger partial charge is 0.329 e. The first-order valence-corrected chi connectivity index (χ1v) is 16.7. The molecule has 4 aliphatic rings. The van der Waals surface area contributed by atoms with Gasteiger partial charge in [0.2, 0.25) is 0 Å². The maximum Gasteiger partial charge on any atom is 0.330 e. The molecule has 0 bridgehead atoms. The van der Waals surface area contributed by atoms with Gasteiger partial charge in [0.05, 0.1) is 19.4 Å². The number of nitrogens with one attached hydrogen (secondary N) is 1. The summed E-state index contributed by atoms with van der Waals surface area (Å²) in [5.74, 6) is 4.92. The maximum absolute atomic E-state index is 13.1. The molecule has 0 amide bonds. The Kier molecular flexibility index (Phi) is 9.18. The van der Waals surface area contributed by atoms with Crippen LogP contribution in [0.1, 0.15) is 98.8 Å². The molecule has 0 aromatic rings. The molecule has 0 spiro atoms. The zero-order chi connectivity index (χ0) is 25.3. The number of fused-ring (bicyclic) bond motifs is 5. The highest BCUT2D eigenvalue weighted by atomic mass is 31.2. The predicted molar refractivity (Wildman–Crippen MR) is 146 cm³/mol. The molecule has 3 unspecified atom stereocenters. The van der Waals surface area contributed by atoms with Crippen molar-refractivity contribution in [2.24, 2.45) is 52.1 Å². The van der Waals surface area contributed by atoms with Gasteiger partial charge in [-0.15, -0.1) is 0 Å². The monoisotopic (exact) mass is 510 g/mol. The first kappa shape index (κ1) is 28.1. The van der Waals surface area contributed by atoms with Gasteiger partial charge in [-0.3, -0.25) is 4.57 Å². The van der Waals surface area contributed by atoms with Crippen LogP contribution in [0.5, 0.6) is 0 Å². The molecule has 4 fully saturated rings. The van der Waals surface area contributed by atoms with E-state index in [2.05, 4.69) is 26.1 Å². The van der Waals surface area contributed by atoms with Crippen molar-refractivity contribution in [2.45, 2.75) is 105 Å². The molecule has 0 aliphatic heterocycles. The summed E-state index contributed by atoms with van der Waals surface area (Å²) in [5.41, 5.74) is 6.75. The molecule has 0 aromatic heterocycles. The minimum atomic E-state index is -2.95. The lowest BCUT2D eigenvalue weighted by atomic mass is 9.44. The van der Waals surface area contributed by atoms with Crippen molar-refractivity contribution in [2.75, 3.05) is 32.5 Å². The standard InChI is InChI=1S/C29H55N2O3P/c1-6-33-35(32,34-7-2)19-14-21(3)25-10-11-26-24-9-8-22-20-23(31-18-17-30)12-15-28(22,4)27(24)13-16-29(25,26)5/h21-27,31H,6-20,30H2,1-5H3/t21-,22-,23-,24?,25+,26?,27?,28-,29+/m0/s1. The molecule has 0 radical (unpaired) electrons. The summed E-state index contributed by atoms with van der Waals surface area (Å²) in [6.07, 6.45) is 14.1. The summed E-state index contributed by atoms with van der Waals surface area (Å²) in [5, 5.41) is 3.73. The van der Waals surface area contributed by atoms with Gasteiger partial charge in [0.25, 0.3) is 0 Å². The summed E-state index contributed by atoms with van der Waals surface area (Å²) < 4.78 is 24.3. The molecule has 5 nitrogen and oxygen atoms in total. The van der Waals surface area contributed by atoms with Crippen molar-refractivity contribution >= 4 is 7.60 Å². The molecule has 4 rings (SSSR count). The van der Waals surface area contributed by atoms with Gasteiger partial charge in [-0.2, -0.15) is 0 Å². The largest absolute Gasteiger partial charge is 0.330 e. The van der Waals surface area contributed by atoms with Crippen LogP contribution < -0.4 is 11.1 Å². The fraction of sp³-hybridized carbons (Fsp3) is 1.00. The summed E-state index contributed by atoms with van der Waals surface area (Å²) in [6, 6.07) is 0.683. The highest BCUT2D eigenvalue weighted by molar-refractivity contribution is 7.53. The maximum atomic E-state index is 13.1. The van der Waals surface area contributed by atoms with Crippen molar-refractivity contribution in [3.05, 3.63) is 0 Å². The quantitative estimate of drug-likeness (QED) is 0.297. The Labute approximate surface area is 216 Å². The topological polar surface area (TPSA) is 73.6 Å². The van der Waals surface area contributed by atoms with Crippen molar-refractivity contribution in [3.63, 3.8) is 0 Å². The van der Waals surface area contributed by atoms with Gasteiger partial charge in [-0.05, 0) is 124 Å². The third-order valence-electron chi connectivity index (χ3n) is 11.5. The van der Waals surface area contributed by atoms with Gasteiger partial charge < -0.3 is 20.1 Å². The predicted octanol–water partition coefficient (Wildman–Crippen LogP) is 6.85. The van der Waals surface area contributed by atoms with E-state index in [1.807, 2.05) is 13.8 Å². The van der Waals surface area contributed by atoms with Crippen molar-refractivity contribution in [1.82, 2.24) is 5.32 Å². The van der Waals surface area contributed by atoms with Gasteiger partial charge in [0.1, 0.15) is 0 Å². The summed E-state index contributed by atoms with van der Waals surface area (Å²) >= 11 is 0. The number of hydrogen-bond donors (Lipinski definition) is 2. The van der Waals surface area contributed by atoms with Gasteiger partial charge in [-0.25, -0.2) is 0 Å². The summed E-state index contributed by atoms with van der Waals surface area (Å²) in [6.45, 7) is 14.2. The third-order valence-corrected chi connectivity index (χ3v) is 13.6. The van der Waals surface area contributed by atoms with Crippen LogP contribution >= 0.6 is 7.60 Å². The van der Waals surface area contributed by atoms with Crippen LogP contribution in [0.25, 0.3) is 0 Å². The number of nitrogens with two attached hydrogens (primary N) is 1. The Balaban J connectivity index is 1.41. The lowest BCUT2D eigenvalue weighted by Crippen LogP contribution is -2.55. The number of hydrogen-bond acceptors (Lipinski definition) is 5. The fourth-order valence-electron chi connectivity index (χ4n) is 9.83. The van der Waals surface area contributed by atoms with Gasteiger partial charge in [-0.1, -0.05) is 20.8 Å². The molecule has 4 aliphatic carbocycles. The van der Waals surface area contributed by atoms with Crippen molar-refractivity contribution in [3.8, 4) is 0 Å². The zero-order valence-electron chi connectivity index (χ0n) is 23.4. The molecule has 4 saturated carbocycles. The first-order valence-electron chi connectivity index (χ1n) is 15.0. The van der Waals surface area contributed by atoms with Crippen LogP contribution in [0, 0.1) is 46.3 Å². The normalized spacial score (nSPS) is 42.2. The molecule has 0 saturated heterocycles. The van der Waals surface area contributed by atoms with E-state index in [1.54, 1.807) is 0 Å². The molecule has 9 atom stereocenters. The van der Waals surface area contributed by atoms with E-state index in [0.717, 1.165) is 49.1 Å². The molecular formula is C29H55N2O3P. The van der Waals surface area contributed by atoms with Crippen LogP contribution in [-0.4, -0.2) is 38.5 Å². The second-order valence-corrected chi connectivity index (χ2v) is 15.2. The summed E-state index contributed by atoms with van der Waals surface area (Å²) in [4.78, 5) is 0. The average molecular weight is 511 g/mol. The van der Waals surface area contributed by atoms with Crippen molar-refractivity contribution in [1.29, 1.82) is 0 Å². The van der Waals surface area contributed by atoms with E-state index in [-0.39, 0.29) is 0 Å². The highest BCUT2D eigenvalue weighted by Crippen LogP contribution is 2.68. The average Bonchev–Trinajstić information content (AvgIpc) is 3.19. The van der Waals surface area contributed by atoms with Crippen LogP contribution in [0.2, 0.25) is 0 Å². The van der Waals surface area contributed by atoms with Gasteiger partial charge >= 0.3 is 7.60 Å². The first-order chi connectivity index (χ1) is 16.7. The number of rotatable bonds is 11. The lowest BCUT2D eigenvalue weighted by Gasteiger charge is -2.61. The van der Waals surface area contributed by atoms with Crippen LogP contribution in [0.15, 0.2) is 0 Å². The molecule has 0 heterocycles. The van der Waals surface area contributed by atoms with E-state index in [1.165, 1.54) is 57.8 Å². The molecule has 3 N–H and O–H groups in total. The molecular weight excluding hydrogens is 455 g/mol. The molecule has 6 heteroatoms. The van der Waals surface area contributed by atoms with Crippen LogP contribution in [0.3, 0.4) is 0 Å². The second-order valence-electron chi connectivity index (χ2n) is 13.0. The van der Waals surface area contributed by atoms with E-state index in [9.17, 15) is 4.57 Å². The molecule has 204 valence electrons. The minimum absolute atomic E-state index is 0.449. The summed E-state index contributed by atoms with van der Waals surface area (Å²) in [7, 11) is -2.95.